The van der Waals surface area contributed by atoms with Gasteiger partial charge in [-0.1, -0.05) is 30.3 Å². The van der Waals surface area contributed by atoms with Gasteiger partial charge in [-0.25, -0.2) is 13.4 Å². The number of amides is 1. The number of thiazole rings is 1. The van der Waals surface area contributed by atoms with E-state index < -0.39 is 15.4 Å². The van der Waals surface area contributed by atoms with Crippen molar-refractivity contribution in [3.8, 4) is 10.6 Å². The number of carbonyl (C=O) groups is 1. The normalized spacial score (nSPS) is 23.3. The fourth-order valence-corrected chi connectivity index (χ4v) is 5.44. The fraction of sp³-hybridized carbons (Fsp3) is 0.333. The van der Waals surface area contributed by atoms with Gasteiger partial charge in [-0.05, 0) is 13.3 Å². The molecule has 0 spiro atoms. The van der Waals surface area contributed by atoms with Crippen LogP contribution in [0.5, 0.6) is 0 Å². The van der Waals surface area contributed by atoms with E-state index in [9.17, 15) is 13.2 Å². The third kappa shape index (κ3) is 3.20. The standard InChI is InChI=1S/C15H16N2O3S2/c1-15(7-8-22(19,20)10-15)17-13(18)12-9-21-14(16-12)11-5-3-2-4-6-11/h2-6,9H,7-8,10H2,1H3,(H,17,18). The van der Waals surface area contributed by atoms with Crippen LogP contribution in [0.2, 0.25) is 0 Å². The van der Waals surface area contributed by atoms with Crippen LogP contribution in [0.4, 0.5) is 0 Å². The topological polar surface area (TPSA) is 76.1 Å². The molecule has 0 radical (unpaired) electrons. The predicted octanol–water partition coefficient (Wildman–Crippen LogP) is 2.12. The SMILES string of the molecule is CC1(NC(=O)c2csc(-c3ccccc3)n2)CCS(=O)(=O)C1. The largest absolute Gasteiger partial charge is 0.344 e. The number of nitrogens with one attached hydrogen (secondary N) is 1. The third-order valence-electron chi connectivity index (χ3n) is 3.68. The van der Waals surface area contributed by atoms with Gasteiger partial charge in [0, 0.05) is 10.9 Å². The Labute approximate surface area is 133 Å². The van der Waals surface area contributed by atoms with E-state index in [1.54, 1.807) is 12.3 Å². The van der Waals surface area contributed by atoms with Gasteiger partial charge in [0.05, 0.1) is 17.0 Å². The van der Waals surface area contributed by atoms with Crippen molar-refractivity contribution in [3.63, 3.8) is 0 Å². The maximum atomic E-state index is 12.3. The molecule has 116 valence electrons. The van der Waals surface area contributed by atoms with Crippen molar-refractivity contribution in [1.29, 1.82) is 0 Å². The first-order valence-electron chi connectivity index (χ1n) is 6.91. The first-order valence-corrected chi connectivity index (χ1v) is 9.61. The summed E-state index contributed by atoms with van der Waals surface area (Å²) >= 11 is 1.40. The molecule has 0 bridgehead atoms. The predicted molar refractivity (Wildman–Crippen MR) is 86.7 cm³/mol. The zero-order valence-electron chi connectivity index (χ0n) is 12.1. The number of hydrogen-bond donors (Lipinski definition) is 1. The molecular weight excluding hydrogens is 320 g/mol. The molecular formula is C15H16N2O3S2. The van der Waals surface area contributed by atoms with Crippen LogP contribution in [0.15, 0.2) is 35.7 Å². The van der Waals surface area contributed by atoms with E-state index in [-0.39, 0.29) is 17.4 Å². The van der Waals surface area contributed by atoms with Crippen LogP contribution < -0.4 is 5.32 Å². The van der Waals surface area contributed by atoms with Gasteiger partial charge in [-0.2, -0.15) is 0 Å². The van der Waals surface area contributed by atoms with Gasteiger partial charge in [0.1, 0.15) is 10.7 Å². The number of nitrogens with zero attached hydrogens (tertiary/aromatic N) is 1. The molecule has 1 atom stereocenters. The van der Waals surface area contributed by atoms with Crippen LogP contribution in [-0.2, 0) is 9.84 Å². The molecule has 1 saturated heterocycles. The van der Waals surface area contributed by atoms with E-state index in [4.69, 9.17) is 0 Å². The molecule has 0 saturated carbocycles. The van der Waals surface area contributed by atoms with E-state index in [2.05, 4.69) is 10.3 Å². The number of sulfone groups is 1. The Balaban J connectivity index is 1.75. The second-order valence-electron chi connectivity index (χ2n) is 5.76. The molecule has 3 rings (SSSR count). The Morgan fingerprint density at radius 3 is 2.68 bits per heavy atom. The Bertz CT molecular complexity index is 799. The molecule has 1 aliphatic heterocycles. The van der Waals surface area contributed by atoms with E-state index in [1.165, 1.54) is 11.3 Å². The second kappa shape index (κ2) is 5.48. The van der Waals surface area contributed by atoms with Crippen molar-refractivity contribution in [2.75, 3.05) is 11.5 Å². The summed E-state index contributed by atoms with van der Waals surface area (Å²) in [6.07, 6.45) is 0.441. The average Bonchev–Trinajstić information content (AvgIpc) is 3.05. The minimum Gasteiger partial charge on any atom is -0.344 e. The van der Waals surface area contributed by atoms with Crippen LogP contribution in [-0.4, -0.2) is 36.4 Å². The lowest BCUT2D eigenvalue weighted by Gasteiger charge is -2.23. The Kier molecular flexibility index (Phi) is 3.78. The molecule has 7 heteroatoms. The van der Waals surface area contributed by atoms with Gasteiger partial charge in [0.2, 0.25) is 0 Å². The van der Waals surface area contributed by atoms with Gasteiger partial charge >= 0.3 is 0 Å². The van der Waals surface area contributed by atoms with Crippen molar-refractivity contribution in [2.24, 2.45) is 0 Å². The van der Waals surface area contributed by atoms with Gasteiger partial charge in [0.15, 0.2) is 9.84 Å². The molecule has 5 nitrogen and oxygen atoms in total. The highest BCUT2D eigenvalue weighted by Crippen LogP contribution is 2.25. The summed E-state index contributed by atoms with van der Waals surface area (Å²) in [5.74, 6) is -0.213. The summed E-state index contributed by atoms with van der Waals surface area (Å²) in [5.41, 5.74) is 0.586. The molecule has 1 amide bonds. The molecule has 22 heavy (non-hydrogen) atoms. The third-order valence-corrected chi connectivity index (χ3v) is 6.47. The Hall–Kier alpha value is -1.73. The van der Waals surface area contributed by atoms with Crippen molar-refractivity contribution < 1.29 is 13.2 Å². The van der Waals surface area contributed by atoms with Crippen molar-refractivity contribution >= 4 is 27.1 Å². The van der Waals surface area contributed by atoms with Crippen molar-refractivity contribution in [2.45, 2.75) is 18.9 Å². The van der Waals surface area contributed by atoms with Crippen molar-refractivity contribution in [1.82, 2.24) is 10.3 Å². The zero-order valence-corrected chi connectivity index (χ0v) is 13.7. The zero-order chi connectivity index (χ0) is 15.8. The number of carbonyl (C=O) groups excluding carboxylic acids is 1. The maximum Gasteiger partial charge on any atom is 0.271 e. The van der Waals surface area contributed by atoms with E-state index in [0.29, 0.717) is 12.1 Å². The Morgan fingerprint density at radius 2 is 2.05 bits per heavy atom. The summed E-state index contributed by atoms with van der Waals surface area (Å²) < 4.78 is 23.2. The number of rotatable bonds is 3. The van der Waals surface area contributed by atoms with Gasteiger partial charge in [-0.3, -0.25) is 4.79 Å². The first kappa shape index (κ1) is 15.2. The number of benzene rings is 1. The summed E-state index contributed by atoms with van der Waals surface area (Å²) in [5, 5.41) is 5.29. The van der Waals surface area contributed by atoms with Gasteiger partial charge in [-0.15, -0.1) is 11.3 Å². The fourth-order valence-electron chi connectivity index (χ4n) is 2.54. The van der Waals surface area contributed by atoms with Crippen molar-refractivity contribution in [3.05, 3.63) is 41.4 Å². The highest BCUT2D eigenvalue weighted by Gasteiger charge is 2.39. The smallest absolute Gasteiger partial charge is 0.271 e. The average molecular weight is 336 g/mol. The van der Waals surface area contributed by atoms with Crippen LogP contribution in [0, 0.1) is 0 Å². The summed E-state index contributed by atoms with van der Waals surface area (Å²) in [4.78, 5) is 16.6. The second-order valence-corrected chi connectivity index (χ2v) is 8.80. The maximum absolute atomic E-state index is 12.3. The van der Waals surface area contributed by atoms with Gasteiger partial charge in [0.25, 0.3) is 5.91 Å². The summed E-state index contributed by atoms with van der Waals surface area (Å²) in [6.45, 7) is 1.76. The van der Waals surface area contributed by atoms with Crippen LogP contribution in [0.25, 0.3) is 10.6 Å². The molecule has 0 aliphatic carbocycles. The van der Waals surface area contributed by atoms with E-state index >= 15 is 0 Å². The van der Waals surface area contributed by atoms with Crippen LogP contribution in [0.1, 0.15) is 23.8 Å². The molecule has 1 aromatic heterocycles. The number of aromatic nitrogens is 1. The number of hydrogen-bond acceptors (Lipinski definition) is 5. The minimum atomic E-state index is -3.05. The molecule has 1 aliphatic rings. The monoisotopic (exact) mass is 336 g/mol. The van der Waals surface area contributed by atoms with Crippen LogP contribution >= 0.6 is 11.3 Å². The highest BCUT2D eigenvalue weighted by molar-refractivity contribution is 7.91. The van der Waals surface area contributed by atoms with Gasteiger partial charge < -0.3 is 5.32 Å². The lowest BCUT2D eigenvalue weighted by molar-refractivity contribution is 0.0911. The summed E-state index contributed by atoms with van der Waals surface area (Å²) in [6, 6.07) is 9.63. The first-order chi connectivity index (χ1) is 10.4. The molecule has 1 unspecified atom stereocenters. The lowest BCUT2D eigenvalue weighted by Crippen LogP contribution is -2.47. The van der Waals surface area contributed by atoms with Crippen LogP contribution in [0.3, 0.4) is 0 Å². The molecule has 1 aromatic carbocycles. The summed E-state index contributed by atoms with van der Waals surface area (Å²) in [7, 11) is -3.05. The Morgan fingerprint density at radius 1 is 1.32 bits per heavy atom. The van der Waals surface area contributed by atoms with E-state index in [0.717, 1.165) is 10.6 Å². The molecule has 2 heterocycles. The minimum absolute atomic E-state index is 0.0125. The highest BCUT2D eigenvalue weighted by atomic mass is 32.2. The molecule has 1 N–H and O–H groups in total. The molecule has 2 aromatic rings. The quantitative estimate of drug-likeness (QED) is 0.931. The lowest BCUT2D eigenvalue weighted by atomic mass is 10.0. The van der Waals surface area contributed by atoms with E-state index in [1.807, 2.05) is 30.3 Å². The molecule has 1 fully saturated rings.